The van der Waals surface area contributed by atoms with E-state index in [2.05, 4.69) is 4.98 Å². The van der Waals surface area contributed by atoms with Crippen LogP contribution in [0.25, 0.3) is 16.2 Å². The lowest BCUT2D eigenvalue weighted by Crippen LogP contribution is -2.03. The second-order valence-corrected chi connectivity index (χ2v) is 4.59. The van der Waals surface area contributed by atoms with Crippen molar-refractivity contribution in [2.24, 2.45) is 0 Å². The number of carbonyl (C=O) groups is 1. The Morgan fingerprint density at radius 1 is 1.39 bits per heavy atom. The van der Waals surface area contributed by atoms with Gasteiger partial charge in [0, 0.05) is 6.20 Å². The van der Waals surface area contributed by atoms with E-state index >= 15 is 0 Å². The van der Waals surface area contributed by atoms with Gasteiger partial charge in [0.25, 0.3) is 0 Å². The average Bonchev–Trinajstić information content (AvgIpc) is 2.95. The molecule has 0 aliphatic carbocycles. The van der Waals surface area contributed by atoms with E-state index in [1.54, 1.807) is 12.1 Å². The smallest absolute Gasteiger partial charge is 0.355 e. The Morgan fingerprint density at radius 3 is 2.89 bits per heavy atom. The number of carboxylic acids is 1. The van der Waals surface area contributed by atoms with E-state index in [4.69, 9.17) is 0 Å². The minimum absolute atomic E-state index is 0.0213. The number of hydrogen-bond donors (Lipinski definition) is 1. The van der Waals surface area contributed by atoms with Gasteiger partial charge in [0.05, 0.1) is 4.88 Å². The first-order chi connectivity index (χ1) is 8.68. The van der Waals surface area contributed by atoms with Crippen LogP contribution in [-0.2, 0) is 0 Å². The van der Waals surface area contributed by atoms with Gasteiger partial charge in [-0.05, 0) is 23.6 Å². The lowest BCUT2D eigenvalue weighted by molar-refractivity contribution is 0.0690. The van der Waals surface area contributed by atoms with Crippen LogP contribution < -0.4 is 0 Å². The van der Waals surface area contributed by atoms with Crippen LogP contribution in [0.2, 0.25) is 0 Å². The van der Waals surface area contributed by atoms with Gasteiger partial charge in [0.15, 0.2) is 17.2 Å². The lowest BCUT2D eigenvalue weighted by atomic mass is 10.3. The summed E-state index contributed by atoms with van der Waals surface area (Å²) in [4.78, 5) is 16.1. The monoisotopic (exact) mass is 262 g/mol. The molecule has 3 rings (SSSR count). The zero-order valence-corrected chi connectivity index (χ0v) is 9.82. The molecule has 0 atom stereocenters. The predicted molar refractivity (Wildman–Crippen MR) is 65.4 cm³/mol. The van der Waals surface area contributed by atoms with Crippen molar-refractivity contribution in [3.63, 3.8) is 0 Å². The molecule has 0 bridgehead atoms. The van der Waals surface area contributed by atoms with Crippen LogP contribution in [0.5, 0.6) is 0 Å². The van der Waals surface area contributed by atoms with Gasteiger partial charge in [-0.3, -0.25) is 4.40 Å². The molecule has 0 spiro atoms. The zero-order chi connectivity index (χ0) is 12.7. The maximum atomic E-state index is 13.6. The van der Waals surface area contributed by atoms with Gasteiger partial charge in [-0.2, -0.15) is 0 Å². The third-order valence-electron chi connectivity index (χ3n) is 2.56. The van der Waals surface area contributed by atoms with Gasteiger partial charge in [0.1, 0.15) is 5.69 Å². The zero-order valence-electron chi connectivity index (χ0n) is 9.00. The van der Waals surface area contributed by atoms with Crippen molar-refractivity contribution in [1.82, 2.24) is 9.38 Å². The fraction of sp³-hybridized carbons (Fsp3) is 0. The molecule has 90 valence electrons. The fourth-order valence-corrected chi connectivity index (χ4v) is 2.54. The van der Waals surface area contributed by atoms with Crippen molar-refractivity contribution in [2.45, 2.75) is 0 Å². The van der Waals surface area contributed by atoms with E-state index < -0.39 is 11.8 Å². The quantitative estimate of drug-likeness (QED) is 0.772. The molecule has 3 aromatic rings. The molecule has 0 saturated heterocycles. The van der Waals surface area contributed by atoms with Crippen molar-refractivity contribution in [2.75, 3.05) is 0 Å². The molecule has 1 N–H and O–H groups in total. The van der Waals surface area contributed by atoms with E-state index in [9.17, 15) is 14.3 Å². The molecule has 4 nitrogen and oxygen atoms in total. The highest BCUT2D eigenvalue weighted by Gasteiger charge is 2.21. The van der Waals surface area contributed by atoms with Crippen molar-refractivity contribution >= 4 is 23.0 Å². The first-order valence-electron chi connectivity index (χ1n) is 5.12. The molecular formula is C12H7FN2O2S. The van der Waals surface area contributed by atoms with Gasteiger partial charge in [-0.15, -0.1) is 11.3 Å². The summed E-state index contributed by atoms with van der Waals surface area (Å²) in [7, 11) is 0. The van der Waals surface area contributed by atoms with Crippen LogP contribution in [0.15, 0.2) is 35.8 Å². The van der Waals surface area contributed by atoms with Crippen molar-refractivity contribution in [3.05, 3.63) is 47.4 Å². The van der Waals surface area contributed by atoms with Gasteiger partial charge in [0.2, 0.25) is 0 Å². The number of imidazole rings is 1. The summed E-state index contributed by atoms with van der Waals surface area (Å²) in [6.45, 7) is 0. The molecule has 0 aromatic carbocycles. The highest BCUT2D eigenvalue weighted by atomic mass is 32.1. The number of rotatable bonds is 2. The second-order valence-electron chi connectivity index (χ2n) is 3.64. The molecule has 0 aliphatic heterocycles. The molecule has 18 heavy (non-hydrogen) atoms. The second kappa shape index (κ2) is 3.92. The maximum absolute atomic E-state index is 13.6. The first kappa shape index (κ1) is 10.9. The minimum atomic E-state index is -1.13. The van der Waals surface area contributed by atoms with Crippen molar-refractivity contribution in [3.8, 4) is 10.6 Å². The van der Waals surface area contributed by atoms with E-state index in [0.717, 1.165) is 0 Å². The number of aromatic nitrogens is 2. The Bertz CT molecular complexity index is 734. The minimum Gasteiger partial charge on any atom is -0.476 e. The molecule has 6 heteroatoms. The fourth-order valence-electron chi connectivity index (χ4n) is 1.82. The van der Waals surface area contributed by atoms with Crippen LogP contribution >= 0.6 is 11.3 Å². The number of fused-ring (bicyclic) bond motifs is 1. The van der Waals surface area contributed by atoms with Gasteiger partial charge < -0.3 is 5.11 Å². The molecule has 0 aliphatic rings. The number of aromatic carboxylic acids is 1. The third-order valence-corrected chi connectivity index (χ3v) is 3.44. The number of pyridine rings is 1. The topological polar surface area (TPSA) is 54.6 Å². The molecule has 0 radical (unpaired) electrons. The van der Waals surface area contributed by atoms with Gasteiger partial charge in [-0.25, -0.2) is 14.2 Å². The molecule has 0 unspecified atom stereocenters. The third kappa shape index (κ3) is 1.50. The van der Waals surface area contributed by atoms with Crippen LogP contribution in [-0.4, -0.2) is 20.5 Å². The Kier molecular flexibility index (Phi) is 2.38. The SMILES string of the molecule is O=C(O)c1c(-c2cccs2)nc2c(F)cccn12. The lowest BCUT2D eigenvalue weighted by Gasteiger charge is -1.97. The van der Waals surface area contributed by atoms with Gasteiger partial charge >= 0.3 is 5.97 Å². The van der Waals surface area contributed by atoms with Crippen molar-refractivity contribution < 1.29 is 14.3 Å². The van der Waals surface area contributed by atoms with E-state index in [1.165, 1.54) is 34.1 Å². The van der Waals surface area contributed by atoms with Gasteiger partial charge in [-0.1, -0.05) is 6.07 Å². The summed E-state index contributed by atoms with van der Waals surface area (Å²) in [5.74, 6) is -1.67. The standard InChI is InChI=1S/C12H7FN2O2S/c13-7-3-1-5-15-10(12(16)17)9(14-11(7)15)8-4-2-6-18-8/h1-6H,(H,16,17). The normalized spacial score (nSPS) is 10.9. The average molecular weight is 262 g/mol. The van der Waals surface area contributed by atoms with Crippen LogP contribution in [0.3, 0.4) is 0 Å². The summed E-state index contributed by atoms with van der Waals surface area (Å²) < 4.78 is 14.9. The number of hydrogen-bond acceptors (Lipinski definition) is 3. The van der Waals surface area contributed by atoms with Crippen LogP contribution in [0.1, 0.15) is 10.5 Å². The maximum Gasteiger partial charge on any atom is 0.355 e. The summed E-state index contributed by atoms with van der Waals surface area (Å²) in [6.07, 6.45) is 1.49. The number of halogens is 1. The summed E-state index contributed by atoms with van der Waals surface area (Å²) >= 11 is 1.37. The molecule has 3 heterocycles. The molecular weight excluding hydrogens is 255 g/mol. The molecule has 0 amide bonds. The van der Waals surface area contributed by atoms with E-state index in [1.807, 2.05) is 5.38 Å². The number of nitrogens with zero attached hydrogens (tertiary/aromatic N) is 2. The van der Waals surface area contributed by atoms with E-state index in [-0.39, 0.29) is 11.3 Å². The Hall–Kier alpha value is -2.21. The largest absolute Gasteiger partial charge is 0.476 e. The Morgan fingerprint density at radius 2 is 2.22 bits per heavy atom. The molecule has 3 aromatic heterocycles. The highest BCUT2D eigenvalue weighted by Crippen LogP contribution is 2.28. The van der Waals surface area contributed by atoms with Crippen LogP contribution in [0.4, 0.5) is 4.39 Å². The van der Waals surface area contributed by atoms with Crippen molar-refractivity contribution in [1.29, 1.82) is 0 Å². The number of thiophene rings is 1. The highest BCUT2D eigenvalue weighted by molar-refractivity contribution is 7.13. The Balaban J connectivity index is 2.41. The summed E-state index contributed by atoms with van der Waals surface area (Å²) in [6, 6.07) is 6.27. The first-order valence-corrected chi connectivity index (χ1v) is 6.00. The molecule has 0 saturated carbocycles. The van der Waals surface area contributed by atoms with E-state index in [0.29, 0.717) is 10.6 Å². The molecule has 0 fully saturated rings. The van der Waals surface area contributed by atoms with Crippen LogP contribution in [0, 0.1) is 5.82 Å². The predicted octanol–water partition coefficient (Wildman–Crippen LogP) is 2.90. The summed E-state index contributed by atoms with van der Waals surface area (Å²) in [5, 5.41) is 11.1. The number of carboxylic acid groups (broad SMARTS) is 1. The summed E-state index contributed by atoms with van der Waals surface area (Å²) in [5.41, 5.74) is 0.299. The Labute approximate surface area is 105 Å².